The SMILES string of the molecule is Cc1nn(-c2ccccc2)c(C)c1NC(=O)C1CC(=O)N(Cc2ccco2)C1. The molecule has 0 aliphatic carbocycles. The van der Waals surface area contributed by atoms with Gasteiger partial charge in [0.1, 0.15) is 5.76 Å². The summed E-state index contributed by atoms with van der Waals surface area (Å²) in [5, 5.41) is 7.54. The number of nitrogens with zero attached hydrogens (tertiary/aromatic N) is 3. The Hall–Kier alpha value is -3.35. The molecule has 2 aromatic heterocycles. The molecule has 1 unspecified atom stereocenters. The van der Waals surface area contributed by atoms with Crippen LogP contribution >= 0.6 is 0 Å². The molecule has 0 bridgehead atoms. The molecule has 1 aromatic carbocycles. The number of hydrogen-bond acceptors (Lipinski definition) is 4. The number of carbonyl (C=O) groups excluding carboxylic acids is 2. The van der Waals surface area contributed by atoms with E-state index < -0.39 is 0 Å². The molecule has 7 heteroatoms. The molecule has 4 rings (SSSR count). The monoisotopic (exact) mass is 378 g/mol. The first-order valence-electron chi connectivity index (χ1n) is 9.25. The van der Waals surface area contributed by atoms with Crippen molar-refractivity contribution in [1.29, 1.82) is 0 Å². The van der Waals surface area contributed by atoms with Gasteiger partial charge in [0, 0.05) is 13.0 Å². The van der Waals surface area contributed by atoms with Crippen LogP contribution < -0.4 is 5.32 Å². The molecule has 28 heavy (non-hydrogen) atoms. The summed E-state index contributed by atoms with van der Waals surface area (Å²) in [6, 6.07) is 13.4. The summed E-state index contributed by atoms with van der Waals surface area (Å²) in [7, 11) is 0. The lowest BCUT2D eigenvalue weighted by Crippen LogP contribution is -2.28. The van der Waals surface area contributed by atoms with Crippen LogP contribution in [0.3, 0.4) is 0 Å². The first-order valence-corrected chi connectivity index (χ1v) is 9.25. The topological polar surface area (TPSA) is 80.4 Å². The van der Waals surface area contributed by atoms with Crippen molar-refractivity contribution >= 4 is 17.5 Å². The smallest absolute Gasteiger partial charge is 0.229 e. The third kappa shape index (κ3) is 3.43. The number of hydrogen-bond donors (Lipinski definition) is 1. The predicted octanol–water partition coefficient (Wildman–Crippen LogP) is 3.07. The molecule has 3 aromatic rings. The number of carbonyl (C=O) groups is 2. The molecule has 0 radical (unpaired) electrons. The summed E-state index contributed by atoms with van der Waals surface area (Å²) in [4.78, 5) is 26.7. The van der Waals surface area contributed by atoms with E-state index in [0.29, 0.717) is 24.5 Å². The van der Waals surface area contributed by atoms with E-state index in [1.54, 1.807) is 17.2 Å². The summed E-state index contributed by atoms with van der Waals surface area (Å²) in [5.41, 5.74) is 3.23. The minimum atomic E-state index is -0.388. The Morgan fingerprint density at radius 2 is 2.00 bits per heavy atom. The molecule has 1 atom stereocenters. The van der Waals surface area contributed by atoms with E-state index in [1.165, 1.54) is 0 Å². The highest BCUT2D eigenvalue weighted by Gasteiger charge is 2.35. The second-order valence-corrected chi connectivity index (χ2v) is 7.04. The van der Waals surface area contributed by atoms with Gasteiger partial charge in [0.25, 0.3) is 0 Å². The normalized spacial score (nSPS) is 16.6. The maximum atomic E-state index is 12.8. The van der Waals surface area contributed by atoms with Crippen LogP contribution in [0.25, 0.3) is 5.69 Å². The van der Waals surface area contributed by atoms with Gasteiger partial charge in [-0.2, -0.15) is 5.10 Å². The highest BCUT2D eigenvalue weighted by Crippen LogP contribution is 2.26. The van der Waals surface area contributed by atoms with Crippen LogP contribution in [0.1, 0.15) is 23.6 Å². The van der Waals surface area contributed by atoms with Gasteiger partial charge in [-0.05, 0) is 38.1 Å². The summed E-state index contributed by atoms with van der Waals surface area (Å²) >= 11 is 0. The van der Waals surface area contributed by atoms with Crippen molar-refractivity contribution in [2.75, 3.05) is 11.9 Å². The van der Waals surface area contributed by atoms with E-state index >= 15 is 0 Å². The number of rotatable bonds is 5. The summed E-state index contributed by atoms with van der Waals surface area (Å²) < 4.78 is 7.12. The van der Waals surface area contributed by atoms with E-state index in [1.807, 2.05) is 54.9 Å². The molecule has 0 saturated carbocycles. The lowest BCUT2D eigenvalue weighted by atomic mass is 10.1. The van der Waals surface area contributed by atoms with Gasteiger partial charge in [0.15, 0.2) is 0 Å². The Morgan fingerprint density at radius 3 is 2.71 bits per heavy atom. The van der Waals surface area contributed by atoms with E-state index in [2.05, 4.69) is 10.4 Å². The standard InChI is InChI=1S/C21H22N4O3/c1-14-20(15(2)25(23-14)17-7-4-3-5-8-17)22-21(27)16-11-19(26)24(12-16)13-18-9-6-10-28-18/h3-10,16H,11-13H2,1-2H3,(H,22,27). The van der Waals surface area contributed by atoms with Gasteiger partial charge in [-0.25, -0.2) is 4.68 Å². The van der Waals surface area contributed by atoms with Crippen molar-refractivity contribution in [1.82, 2.24) is 14.7 Å². The Kier molecular flexibility index (Phi) is 4.73. The number of aromatic nitrogens is 2. The average Bonchev–Trinajstić information content (AvgIpc) is 3.40. The molecule has 144 valence electrons. The van der Waals surface area contributed by atoms with E-state index in [-0.39, 0.29) is 24.2 Å². The summed E-state index contributed by atoms with van der Waals surface area (Å²) in [6.45, 7) is 4.56. The summed E-state index contributed by atoms with van der Waals surface area (Å²) in [6.07, 6.45) is 1.79. The molecule has 3 heterocycles. The number of anilines is 1. The van der Waals surface area contributed by atoms with Crippen molar-refractivity contribution in [3.05, 3.63) is 65.9 Å². The maximum Gasteiger partial charge on any atom is 0.229 e. The molecule has 0 spiro atoms. The van der Waals surface area contributed by atoms with Crippen molar-refractivity contribution in [2.24, 2.45) is 5.92 Å². The largest absolute Gasteiger partial charge is 0.467 e. The second-order valence-electron chi connectivity index (χ2n) is 7.04. The molecule has 1 aliphatic heterocycles. The maximum absolute atomic E-state index is 12.8. The quantitative estimate of drug-likeness (QED) is 0.740. The Morgan fingerprint density at radius 1 is 1.21 bits per heavy atom. The molecule has 2 amide bonds. The number of likely N-dealkylation sites (tertiary alicyclic amines) is 1. The minimum Gasteiger partial charge on any atom is -0.467 e. The first kappa shape index (κ1) is 18.0. The highest BCUT2D eigenvalue weighted by molar-refractivity contribution is 5.98. The Bertz CT molecular complexity index is 992. The number of nitrogens with one attached hydrogen (secondary N) is 1. The van der Waals surface area contributed by atoms with Gasteiger partial charge < -0.3 is 14.6 Å². The molecular formula is C21H22N4O3. The van der Waals surface area contributed by atoms with Crippen LogP contribution in [0.5, 0.6) is 0 Å². The van der Waals surface area contributed by atoms with Crippen molar-refractivity contribution in [3.8, 4) is 5.69 Å². The lowest BCUT2D eigenvalue weighted by Gasteiger charge is -2.15. The lowest BCUT2D eigenvalue weighted by molar-refractivity contribution is -0.128. The van der Waals surface area contributed by atoms with Crippen molar-refractivity contribution < 1.29 is 14.0 Å². The predicted molar refractivity (Wildman–Crippen MR) is 104 cm³/mol. The van der Waals surface area contributed by atoms with Crippen molar-refractivity contribution in [3.63, 3.8) is 0 Å². The van der Waals surface area contributed by atoms with Crippen LogP contribution in [-0.4, -0.2) is 33.0 Å². The van der Waals surface area contributed by atoms with Crippen molar-refractivity contribution in [2.45, 2.75) is 26.8 Å². The fourth-order valence-electron chi connectivity index (χ4n) is 3.56. The van der Waals surface area contributed by atoms with Gasteiger partial charge in [0.05, 0.1) is 41.5 Å². The molecule has 1 aliphatic rings. The van der Waals surface area contributed by atoms with Gasteiger partial charge in [0.2, 0.25) is 11.8 Å². The van der Waals surface area contributed by atoms with Crippen LogP contribution in [0.2, 0.25) is 0 Å². The zero-order valence-electron chi connectivity index (χ0n) is 15.9. The third-order valence-corrected chi connectivity index (χ3v) is 5.05. The average molecular weight is 378 g/mol. The number of benzene rings is 1. The molecule has 7 nitrogen and oxygen atoms in total. The van der Waals surface area contributed by atoms with Gasteiger partial charge in [-0.1, -0.05) is 18.2 Å². The van der Waals surface area contributed by atoms with Crippen LogP contribution in [0.4, 0.5) is 5.69 Å². The minimum absolute atomic E-state index is 0.0371. The fraction of sp³-hybridized carbons (Fsp3) is 0.286. The van der Waals surface area contributed by atoms with E-state index in [0.717, 1.165) is 17.1 Å². The third-order valence-electron chi connectivity index (χ3n) is 5.05. The fourth-order valence-corrected chi connectivity index (χ4v) is 3.56. The van der Waals surface area contributed by atoms with Gasteiger partial charge >= 0.3 is 0 Å². The van der Waals surface area contributed by atoms with E-state index in [9.17, 15) is 9.59 Å². The second kappa shape index (κ2) is 7.34. The summed E-state index contributed by atoms with van der Waals surface area (Å²) in [5.74, 6) is 0.130. The zero-order valence-corrected chi connectivity index (χ0v) is 15.9. The Labute approximate surface area is 162 Å². The first-order chi connectivity index (χ1) is 13.5. The van der Waals surface area contributed by atoms with Crippen LogP contribution in [-0.2, 0) is 16.1 Å². The van der Waals surface area contributed by atoms with Gasteiger partial charge in [-0.3, -0.25) is 9.59 Å². The van der Waals surface area contributed by atoms with Crippen LogP contribution in [0.15, 0.2) is 53.1 Å². The zero-order chi connectivity index (χ0) is 19.7. The number of aryl methyl sites for hydroxylation is 1. The molecular weight excluding hydrogens is 356 g/mol. The number of amides is 2. The number of furan rings is 1. The molecule has 1 fully saturated rings. The van der Waals surface area contributed by atoms with E-state index in [4.69, 9.17) is 4.42 Å². The van der Waals surface area contributed by atoms with Crippen LogP contribution in [0, 0.1) is 19.8 Å². The number of para-hydroxylation sites is 1. The molecule has 1 saturated heterocycles. The molecule has 1 N–H and O–H groups in total. The van der Waals surface area contributed by atoms with Gasteiger partial charge in [-0.15, -0.1) is 0 Å². The highest BCUT2D eigenvalue weighted by atomic mass is 16.3. The Balaban J connectivity index is 1.47.